The number of aromatic hydroxyl groups is 1. The molecule has 1 aliphatic heterocycles. The number of nitrogens with two attached hydrogens (primary N) is 1. The molecule has 37 nitrogen and oxygen atoms in total. The molecule has 37 heteroatoms. The van der Waals surface area contributed by atoms with Gasteiger partial charge in [0, 0.05) is 154 Å². The van der Waals surface area contributed by atoms with Crippen molar-refractivity contribution in [3.05, 3.63) is 102 Å². The molecule has 574 valence electrons. The lowest BCUT2D eigenvalue weighted by molar-refractivity contribution is -0.140. The summed E-state index contributed by atoms with van der Waals surface area (Å²) in [5.74, 6) is -10.7. The zero-order valence-corrected chi connectivity index (χ0v) is 58.7. The van der Waals surface area contributed by atoms with E-state index in [0.717, 1.165) is 11.4 Å². The van der Waals surface area contributed by atoms with Crippen LogP contribution in [0.2, 0.25) is 0 Å². The second kappa shape index (κ2) is 47.4. The summed E-state index contributed by atoms with van der Waals surface area (Å²) in [5.41, 5.74) is 8.48. The first-order valence-electron chi connectivity index (χ1n) is 34.8. The summed E-state index contributed by atoms with van der Waals surface area (Å²) in [4.78, 5) is 202. The number of hydrogen-bond donors (Lipinski definition) is 17. The average molecular weight is 1470 g/mol. The number of hydrogen-bond acceptors (Lipinski definition) is 21. The maximum atomic E-state index is 14.9. The van der Waals surface area contributed by atoms with Gasteiger partial charge in [-0.3, -0.25) is 86.7 Å². The molecule has 105 heavy (non-hydrogen) atoms. The van der Waals surface area contributed by atoms with Crippen LogP contribution >= 0.6 is 0 Å². The fourth-order valence-electron chi connectivity index (χ4n) is 10.9. The van der Waals surface area contributed by atoms with Gasteiger partial charge in [0.2, 0.25) is 65.0 Å². The van der Waals surface area contributed by atoms with Crippen LogP contribution in [0.4, 0.5) is 0 Å². The molecule has 0 saturated carbocycles. The highest BCUT2D eigenvalue weighted by molar-refractivity contribution is 5.96. The summed E-state index contributed by atoms with van der Waals surface area (Å²) < 4.78 is 0. The van der Waals surface area contributed by atoms with Gasteiger partial charge in [-0.25, -0.2) is 9.97 Å². The molecule has 18 N–H and O–H groups in total. The van der Waals surface area contributed by atoms with Gasteiger partial charge in [0.05, 0.1) is 51.9 Å². The largest absolute Gasteiger partial charge is 0.508 e. The van der Waals surface area contributed by atoms with Crippen LogP contribution in [0.15, 0.2) is 79.6 Å². The van der Waals surface area contributed by atoms with Crippen molar-refractivity contribution in [2.24, 2.45) is 5.73 Å². The number of rotatable bonds is 46. The first-order valence-corrected chi connectivity index (χ1v) is 34.8. The molecular weight excluding hydrogens is 1370 g/mol. The number of imidazole rings is 2. The molecule has 0 radical (unpaired) electrons. The molecule has 0 unspecified atom stereocenters. The molecule has 1 saturated heterocycles. The van der Waals surface area contributed by atoms with Gasteiger partial charge in [-0.05, 0) is 61.8 Å². The molecule has 0 bridgehead atoms. The van der Waals surface area contributed by atoms with Crippen LogP contribution in [0.5, 0.6) is 5.75 Å². The van der Waals surface area contributed by atoms with Crippen LogP contribution in [0.1, 0.15) is 86.7 Å². The number of benzene rings is 2. The fourth-order valence-corrected chi connectivity index (χ4v) is 10.9. The molecule has 1 fully saturated rings. The second-order valence-corrected chi connectivity index (χ2v) is 25.2. The third-order valence-corrected chi connectivity index (χ3v) is 16.7. The van der Waals surface area contributed by atoms with E-state index in [1.807, 2.05) is 0 Å². The Kier molecular flexibility index (Phi) is 38.2. The Morgan fingerprint density at radius 2 is 0.771 bits per heavy atom. The number of nitrogens with zero attached hydrogens (tertiary/aromatic N) is 6. The molecule has 3 heterocycles. The average Bonchev–Trinajstić information content (AvgIpc) is 1.39. The van der Waals surface area contributed by atoms with E-state index in [9.17, 15) is 87.5 Å². The van der Waals surface area contributed by atoms with Crippen LogP contribution in [-0.2, 0) is 92.8 Å². The number of carbonyl (C=O) groups excluding carboxylic acids is 11. The lowest BCUT2D eigenvalue weighted by atomic mass is 10.0. The Morgan fingerprint density at radius 1 is 0.410 bits per heavy atom. The number of primary amides is 1. The zero-order valence-electron chi connectivity index (χ0n) is 58.7. The number of nitrogens with one attached hydrogen (secondary N) is 12. The Bertz CT molecular complexity index is 3410. The molecule has 11 amide bonds. The van der Waals surface area contributed by atoms with Crippen molar-refractivity contribution in [1.29, 1.82) is 0 Å². The van der Waals surface area contributed by atoms with Gasteiger partial charge >= 0.3 is 17.9 Å². The first kappa shape index (κ1) is 84.7. The standard InChI is InChI=1S/C68H99N19O18/c69-65(102)51(10-4-6-22-72-59(93)38-76-57(91)18-16-55(89)74-24-20-48-36-70-44-78-48)81-68(105)54(35-47-12-14-50(88)15-13-47)83-66(103)52(11-5-7-23-73-60(94)39-77-58(92)19-17-56(90)75-25-21-49-37-71-45-79-49)82-67(104)53(34-46-8-2-1-3-9-46)80-61(95)40-84-26-28-85(41-62(96)97)30-32-87(43-64(100)101)33-31-86(29-27-84)42-63(98)99/h1-3,8-9,12-15,36-37,44-45,51-54,88H,4-7,10-11,16-35,38-43H2,(H2,69,102)(H,70,78)(H,71,79)(H,72,93)(H,73,94)(H,74,89)(H,75,90)(H,76,91)(H,77,92)(H,80,95)(H,81,105)(H,82,104)(H,83,103)(H,96,97)(H,98,99)(H,100,101)/t51-,52-,53-,54-/m0/s1. The molecule has 4 aromatic rings. The summed E-state index contributed by atoms with van der Waals surface area (Å²) in [5, 5.41) is 65.9. The maximum absolute atomic E-state index is 14.9. The number of unbranched alkanes of at least 4 members (excludes halogenated alkanes) is 2. The van der Waals surface area contributed by atoms with Crippen molar-refractivity contribution < 1.29 is 87.5 Å². The Balaban J connectivity index is 1.28. The normalized spacial score (nSPS) is 14.4. The number of carbonyl (C=O) groups is 14. The van der Waals surface area contributed by atoms with Gasteiger partial charge in [0.1, 0.15) is 29.9 Å². The van der Waals surface area contributed by atoms with Crippen molar-refractivity contribution in [1.82, 2.24) is 92.7 Å². The number of amides is 11. The minimum absolute atomic E-state index is 0.0208. The number of H-pyrrole nitrogens is 2. The van der Waals surface area contributed by atoms with Crippen molar-refractivity contribution in [2.75, 3.05) is 118 Å². The quantitative estimate of drug-likeness (QED) is 0.0186. The van der Waals surface area contributed by atoms with Crippen LogP contribution < -0.4 is 58.9 Å². The van der Waals surface area contributed by atoms with Crippen LogP contribution in [0.25, 0.3) is 0 Å². The molecule has 0 spiro atoms. The predicted molar refractivity (Wildman–Crippen MR) is 376 cm³/mol. The van der Waals surface area contributed by atoms with E-state index in [-0.39, 0.29) is 180 Å². The van der Waals surface area contributed by atoms with Crippen LogP contribution in [-0.4, -0.2) is 285 Å². The predicted octanol–water partition coefficient (Wildman–Crippen LogP) is -4.39. The first-order chi connectivity index (χ1) is 50.3. The van der Waals surface area contributed by atoms with Crippen molar-refractivity contribution in [2.45, 2.75) is 114 Å². The lowest BCUT2D eigenvalue weighted by Gasteiger charge is -2.33. The van der Waals surface area contributed by atoms with Gasteiger partial charge in [0.15, 0.2) is 0 Å². The second-order valence-electron chi connectivity index (χ2n) is 25.2. The summed E-state index contributed by atoms with van der Waals surface area (Å²) >= 11 is 0. The molecule has 2 aromatic heterocycles. The number of aliphatic carboxylic acids is 3. The van der Waals surface area contributed by atoms with Gasteiger partial charge in [-0.15, -0.1) is 0 Å². The van der Waals surface area contributed by atoms with E-state index in [0.29, 0.717) is 37.1 Å². The van der Waals surface area contributed by atoms with E-state index < -0.39 is 115 Å². The topological polar surface area (TPSA) is 537 Å². The number of carboxylic acids is 3. The van der Waals surface area contributed by atoms with Crippen molar-refractivity contribution >= 4 is 82.9 Å². The molecule has 1 aliphatic rings. The molecular formula is C68H99N19O18. The molecule has 5 rings (SSSR count). The minimum Gasteiger partial charge on any atom is -0.508 e. The molecule has 0 aliphatic carbocycles. The highest BCUT2D eigenvalue weighted by Crippen LogP contribution is 2.14. The van der Waals surface area contributed by atoms with Crippen LogP contribution in [0, 0.1) is 0 Å². The van der Waals surface area contributed by atoms with E-state index in [4.69, 9.17) is 5.73 Å². The zero-order chi connectivity index (χ0) is 76.3. The molecule has 4 atom stereocenters. The lowest BCUT2D eigenvalue weighted by Crippen LogP contribution is -2.59. The third-order valence-electron chi connectivity index (χ3n) is 16.7. The van der Waals surface area contributed by atoms with E-state index >= 15 is 0 Å². The summed E-state index contributed by atoms with van der Waals surface area (Å²) in [6, 6.07) is 8.59. The summed E-state index contributed by atoms with van der Waals surface area (Å²) in [6.07, 6.45) is 7.08. The van der Waals surface area contributed by atoms with Gasteiger partial charge in [-0.1, -0.05) is 42.5 Å². The summed E-state index contributed by atoms with van der Waals surface area (Å²) in [6.45, 7) is -0.768. The van der Waals surface area contributed by atoms with Crippen molar-refractivity contribution in [3.63, 3.8) is 0 Å². The SMILES string of the molecule is NC(=O)[C@H](CCCCNC(=O)CNC(=O)CCC(=O)NCCc1cnc[nH]1)NC(=O)[C@H](Cc1ccc(O)cc1)NC(=O)[C@H](CCCCNC(=O)CNC(=O)CCC(=O)NCCc1cnc[nH]1)NC(=O)[C@H](Cc1ccccc1)NC(=O)CN1CCN(CC(=O)O)CCN(CC(=O)O)CCN(CC(=O)O)CC1. The van der Waals surface area contributed by atoms with Gasteiger partial charge < -0.3 is 89.3 Å². The maximum Gasteiger partial charge on any atom is 0.317 e. The van der Waals surface area contributed by atoms with E-state index in [2.05, 4.69) is 73.1 Å². The number of carboxylic acid groups (broad SMARTS) is 3. The smallest absolute Gasteiger partial charge is 0.317 e. The molecule has 2 aromatic carbocycles. The van der Waals surface area contributed by atoms with Crippen molar-refractivity contribution in [3.8, 4) is 5.75 Å². The Morgan fingerprint density at radius 3 is 1.18 bits per heavy atom. The van der Waals surface area contributed by atoms with Crippen LogP contribution in [0.3, 0.4) is 0 Å². The number of aromatic nitrogens is 4. The van der Waals surface area contributed by atoms with E-state index in [1.165, 1.54) is 36.9 Å². The monoisotopic (exact) mass is 1470 g/mol. The highest BCUT2D eigenvalue weighted by atomic mass is 16.4. The third kappa shape index (κ3) is 36.7. The van der Waals surface area contributed by atoms with E-state index in [1.54, 1.807) is 62.3 Å². The van der Waals surface area contributed by atoms with Gasteiger partial charge in [-0.2, -0.15) is 0 Å². The number of aromatic amines is 2. The Labute approximate surface area is 606 Å². The highest BCUT2D eigenvalue weighted by Gasteiger charge is 2.33. The number of phenols is 1. The summed E-state index contributed by atoms with van der Waals surface area (Å²) in [7, 11) is 0. The number of phenolic OH excluding ortho intramolecular Hbond substituents is 1. The van der Waals surface area contributed by atoms with Gasteiger partial charge in [0.25, 0.3) is 0 Å². The minimum atomic E-state index is -1.49. The fraction of sp³-hybridized carbons (Fsp3) is 0.529. The Hall–Kier alpha value is -10.9.